The molecule has 4 rings (SSSR count). The first-order valence-corrected chi connectivity index (χ1v) is 12.7. The second-order valence-electron chi connectivity index (χ2n) is 8.59. The van der Waals surface area contributed by atoms with Gasteiger partial charge in [-0.2, -0.15) is 4.98 Å². The van der Waals surface area contributed by atoms with Gasteiger partial charge in [-0.25, -0.2) is 19.8 Å². The third kappa shape index (κ3) is 7.41. The van der Waals surface area contributed by atoms with Crippen molar-refractivity contribution in [3.63, 3.8) is 0 Å². The predicted octanol–water partition coefficient (Wildman–Crippen LogP) is 1.86. The van der Waals surface area contributed by atoms with Gasteiger partial charge in [0.2, 0.25) is 11.9 Å². The largest absolute Gasteiger partial charge is 0.497 e. The molecule has 12 nitrogen and oxygen atoms in total. The molecule has 3 aromatic rings. The van der Waals surface area contributed by atoms with Crippen LogP contribution in [0.25, 0.3) is 5.95 Å². The molecular formula is C26H30ClN7O5. The van der Waals surface area contributed by atoms with Crippen molar-refractivity contribution in [1.82, 2.24) is 29.9 Å². The number of imidazole rings is 1. The first-order chi connectivity index (χ1) is 19.0. The Labute approximate surface area is 231 Å². The van der Waals surface area contributed by atoms with Crippen LogP contribution >= 0.6 is 11.6 Å². The summed E-state index contributed by atoms with van der Waals surface area (Å²) in [5.41, 5.74) is 1.27. The van der Waals surface area contributed by atoms with E-state index in [-0.39, 0.29) is 29.8 Å². The lowest BCUT2D eigenvalue weighted by molar-refractivity contribution is -0.190. The Kier molecular flexibility index (Phi) is 10.0. The maximum atomic E-state index is 13.4. The first kappa shape index (κ1) is 28.2. The number of amides is 1. The molecule has 1 unspecified atom stereocenters. The van der Waals surface area contributed by atoms with Gasteiger partial charge >= 0.3 is 0 Å². The average molecular weight is 556 g/mol. The number of ether oxygens (including phenoxy) is 2. The molecule has 1 amide bonds. The third-order valence-electron chi connectivity index (χ3n) is 6.09. The van der Waals surface area contributed by atoms with E-state index in [0.717, 1.165) is 11.3 Å². The van der Waals surface area contributed by atoms with Crippen molar-refractivity contribution in [3.8, 4) is 11.7 Å². The van der Waals surface area contributed by atoms with Gasteiger partial charge in [-0.15, -0.1) is 0 Å². The molecule has 206 valence electrons. The smallest absolute Gasteiger partial charge is 0.248 e. The number of benzene rings is 1. The minimum absolute atomic E-state index is 0.0239. The Balaban J connectivity index is 1.48. The Morgan fingerprint density at radius 1 is 1.23 bits per heavy atom. The molecule has 0 radical (unpaired) electrons. The molecule has 39 heavy (non-hydrogen) atoms. The second-order valence-corrected chi connectivity index (χ2v) is 8.98. The van der Waals surface area contributed by atoms with Crippen LogP contribution in [0, 0.1) is 0 Å². The molecule has 2 aromatic heterocycles. The van der Waals surface area contributed by atoms with E-state index in [2.05, 4.69) is 20.3 Å². The van der Waals surface area contributed by atoms with Gasteiger partial charge in [0.05, 0.1) is 39.3 Å². The lowest BCUT2D eigenvalue weighted by Crippen LogP contribution is -2.51. The molecule has 1 fully saturated rings. The van der Waals surface area contributed by atoms with E-state index in [1.54, 1.807) is 48.5 Å². The van der Waals surface area contributed by atoms with E-state index in [0.29, 0.717) is 44.4 Å². The normalized spacial score (nSPS) is 15.2. The summed E-state index contributed by atoms with van der Waals surface area (Å²) in [4.78, 5) is 45.8. The summed E-state index contributed by atoms with van der Waals surface area (Å²) in [7, 11) is 3.17. The van der Waals surface area contributed by atoms with Crippen LogP contribution < -0.4 is 15.0 Å². The van der Waals surface area contributed by atoms with Crippen molar-refractivity contribution in [1.29, 1.82) is 0 Å². The maximum Gasteiger partial charge on any atom is 0.248 e. The van der Waals surface area contributed by atoms with Gasteiger partial charge in [0, 0.05) is 38.7 Å². The summed E-state index contributed by atoms with van der Waals surface area (Å²) in [6.45, 7) is 1.79. The number of nitrogens with one attached hydrogen (secondary N) is 1. The average Bonchev–Trinajstić information content (AvgIpc) is 3.50. The zero-order valence-corrected chi connectivity index (χ0v) is 22.5. The molecule has 1 N–H and O–H groups in total. The molecule has 0 saturated carbocycles. The zero-order chi connectivity index (χ0) is 27.6. The van der Waals surface area contributed by atoms with E-state index < -0.39 is 6.04 Å². The van der Waals surface area contributed by atoms with E-state index in [1.807, 2.05) is 30.2 Å². The van der Waals surface area contributed by atoms with Crippen LogP contribution in [0.15, 0.2) is 54.7 Å². The van der Waals surface area contributed by atoms with Crippen LogP contribution in [0.3, 0.4) is 0 Å². The molecule has 1 aromatic carbocycles. The first-order valence-electron chi connectivity index (χ1n) is 12.4. The van der Waals surface area contributed by atoms with E-state index in [1.165, 1.54) is 5.06 Å². The van der Waals surface area contributed by atoms with Crippen molar-refractivity contribution < 1.29 is 23.9 Å². The number of halogens is 1. The number of anilines is 1. The van der Waals surface area contributed by atoms with Crippen LogP contribution in [0.5, 0.6) is 5.75 Å². The fraction of sp³-hybridized carbons (Fsp3) is 0.385. The maximum absolute atomic E-state index is 13.4. The van der Waals surface area contributed by atoms with Crippen molar-refractivity contribution in [2.75, 3.05) is 52.0 Å². The highest BCUT2D eigenvalue weighted by Gasteiger charge is 2.31. The van der Waals surface area contributed by atoms with Crippen molar-refractivity contribution in [3.05, 3.63) is 65.5 Å². The van der Waals surface area contributed by atoms with Crippen LogP contribution in [-0.2, 0) is 25.6 Å². The number of piperazine rings is 1. The third-order valence-corrected chi connectivity index (χ3v) is 6.28. The molecule has 1 atom stereocenters. The quantitative estimate of drug-likeness (QED) is 0.153. The van der Waals surface area contributed by atoms with Crippen LogP contribution in [0.2, 0.25) is 5.15 Å². The number of carbonyl (C=O) groups excluding carboxylic acids is 2. The fourth-order valence-electron chi connectivity index (χ4n) is 4.11. The molecule has 1 aliphatic rings. The number of aromatic nitrogens is 4. The van der Waals surface area contributed by atoms with Crippen molar-refractivity contribution in [2.45, 2.75) is 18.9 Å². The summed E-state index contributed by atoms with van der Waals surface area (Å²) in [5.74, 6) is 3.20. The number of carbonyl (C=O) groups is 1. The monoisotopic (exact) mass is 555 g/mol. The van der Waals surface area contributed by atoms with E-state index >= 15 is 0 Å². The Morgan fingerprint density at radius 3 is 2.74 bits per heavy atom. The Bertz CT molecular complexity index is 1280. The van der Waals surface area contributed by atoms with Gasteiger partial charge in [-0.1, -0.05) is 23.7 Å². The summed E-state index contributed by atoms with van der Waals surface area (Å²) in [6, 6.07) is 8.58. The molecule has 0 aliphatic carbocycles. The molecule has 1 saturated heterocycles. The second kappa shape index (κ2) is 13.8. The number of hydrogen-bond acceptors (Lipinski definition) is 10. The highest BCUT2D eigenvalue weighted by Crippen LogP contribution is 2.25. The fourth-order valence-corrected chi connectivity index (χ4v) is 4.28. The van der Waals surface area contributed by atoms with E-state index in [4.69, 9.17) is 25.9 Å². The summed E-state index contributed by atoms with van der Waals surface area (Å²) in [6.07, 6.45) is 5.39. The molecule has 0 spiro atoms. The molecule has 1 aliphatic heterocycles. The topological polar surface area (TPSA) is 124 Å². The molecular weight excluding hydrogens is 526 g/mol. The lowest BCUT2D eigenvalue weighted by atomic mass is 10.1. The van der Waals surface area contributed by atoms with Crippen LogP contribution in [0.4, 0.5) is 5.82 Å². The highest BCUT2D eigenvalue weighted by molar-refractivity contribution is 6.29. The number of rotatable bonds is 12. The number of hydroxylamine groups is 2. The minimum Gasteiger partial charge on any atom is -0.497 e. The van der Waals surface area contributed by atoms with Crippen LogP contribution in [0.1, 0.15) is 12.0 Å². The SMILES string of the molecule is COCCON(CCc1ccc(OC)cc1)C(=O)CC1NCCN(c2cc(Cl)nc(-n3ccnc3)n2)C1=C=O. The van der Waals surface area contributed by atoms with Gasteiger partial charge in [-0.05, 0) is 24.1 Å². The lowest BCUT2D eigenvalue weighted by Gasteiger charge is -2.35. The molecule has 0 bridgehead atoms. The van der Waals surface area contributed by atoms with E-state index in [9.17, 15) is 9.59 Å². The minimum atomic E-state index is -0.608. The standard InChI is InChI=1S/C26H30ClN7O5/c1-37-13-14-39-34(10-7-19-3-5-20(38-2)6-4-19)25(36)15-21-22(17-35)33(12-9-29-21)24-16-23(27)30-26(31-24)32-11-8-28-18-32/h3-6,8,11,16,18,21,29H,7,9-10,12-15H2,1-2H3. The zero-order valence-electron chi connectivity index (χ0n) is 21.7. The summed E-state index contributed by atoms with van der Waals surface area (Å²) in [5, 5.41) is 4.77. The molecule has 3 heterocycles. The number of nitrogens with zero attached hydrogens (tertiary/aromatic N) is 6. The summed E-state index contributed by atoms with van der Waals surface area (Å²) >= 11 is 6.27. The highest BCUT2D eigenvalue weighted by atomic mass is 35.5. The van der Waals surface area contributed by atoms with Gasteiger partial charge in [0.1, 0.15) is 34.7 Å². The molecule has 13 heteroatoms. The number of hydrogen-bond donors (Lipinski definition) is 1. The van der Waals surface area contributed by atoms with Crippen LogP contribution in [-0.4, -0.2) is 89.5 Å². The Hall–Kier alpha value is -3.80. The van der Waals surface area contributed by atoms with Crippen molar-refractivity contribution >= 4 is 29.3 Å². The predicted molar refractivity (Wildman–Crippen MR) is 143 cm³/mol. The van der Waals surface area contributed by atoms with Gasteiger partial charge in [0.15, 0.2) is 0 Å². The summed E-state index contributed by atoms with van der Waals surface area (Å²) < 4.78 is 11.9. The number of methoxy groups -OCH3 is 2. The van der Waals surface area contributed by atoms with Gasteiger partial charge in [0.25, 0.3) is 0 Å². The van der Waals surface area contributed by atoms with Gasteiger partial charge < -0.3 is 19.7 Å². The van der Waals surface area contributed by atoms with Gasteiger partial charge in [-0.3, -0.25) is 14.2 Å². The van der Waals surface area contributed by atoms with Crippen molar-refractivity contribution in [2.24, 2.45) is 0 Å². The Morgan fingerprint density at radius 2 is 2.05 bits per heavy atom.